The van der Waals surface area contributed by atoms with Gasteiger partial charge in [0.1, 0.15) is 11.5 Å². The van der Waals surface area contributed by atoms with Gasteiger partial charge in [0.2, 0.25) is 0 Å². The van der Waals surface area contributed by atoms with E-state index in [2.05, 4.69) is 31.3 Å². The van der Waals surface area contributed by atoms with E-state index >= 15 is 0 Å². The Labute approximate surface area is 180 Å². The summed E-state index contributed by atoms with van der Waals surface area (Å²) >= 11 is 3.33. The molecule has 152 valence electrons. The number of halogens is 1. The quantitative estimate of drug-likeness (QED) is 0.416. The first-order chi connectivity index (χ1) is 14.5. The number of furan rings is 1. The van der Waals surface area contributed by atoms with E-state index in [1.54, 1.807) is 48.5 Å². The zero-order valence-corrected chi connectivity index (χ0v) is 17.4. The lowest BCUT2D eigenvalue weighted by atomic mass is 10.2. The molecule has 0 saturated carbocycles. The molecule has 1 aromatic heterocycles. The normalized spacial score (nSPS) is 10.9. The number of carbonyl (C=O) groups excluding carboxylic acids is 3. The molecule has 0 unspecified atom stereocenters. The van der Waals surface area contributed by atoms with Gasteiger partial charge in [0.05, 0.1) is 24.5 Å². The number of hydrogen-bond donors (Lipinski definition) is 2. The minimum absolute atomic E-state index is 0.0113. The lowest BCUT2D eigenvalue weighted by Gasteiger charge is -2.12. The van der Waals surface area contributed by atoms with E-state index in [1.165, 1.54) is 31.6 Å². The Kier molecular flexibility index (Phi) is 6.82. The smallest absolute Gasteiger partial charge is 0.337 e. The van der Waals surface area contributed by atoms with E-state index in [4.69, 9.17) is 4.42 Å². The molecule has 2 aromatic carbocycles. The zero-order chi connectivity index (χ0) is 21.5. The molecule has 0 aliphatic carbocycles. The fourth-order valence-corrected chi connectivity index (χ4v) is 2.98. The molecule has 1 heterocycles. The monoisotopic (exact) mass is 468 g/mol. The summed E-state index contributed by atoms with van der Waals surface area (Å²) in [5.41, 5.74) is 1.15. The first kappa shape index (κ1) is 21.1. The maximum Gasteiger partial charge on any atom is 0.337 e. The topological polar surface area (TPSA) is 97.6 Å². The van der Waals surface area contributed by atoms with Gasteiger partial charge in [-0.3, -0.25) is 9.59 Å². The van der Waals surface area contributed by atoms with Crippen LogP contribution in [0.1, 0.15) is 26.5 Å². The van der Waals surface area contributed by atoms with Gasteiger partial charge in [0, 0.05) is 16.2 Å². The van der Waals surface area contributed by atoms with Crippen LogP contribution in [-0.2, 0) is 9.53 Å². The van der Waals surface area contributed by atoms with Crippen LogP contribution in [0.3, 0.4) is 0 Å². The van der Waals surface area contributed by atoms with Crippen molar-refractivity contribution in [1.82, 2.24) is 5.32 Å². The molecular weight excluding hydrogens is 452 g/mol. The van der Waals surface area contributed by atoms with Crippen molar-refractivity contribution in [2.75, 3.05) is 12.4 Å². The second-order valence-electron chi connectivity index (χ2n) is 6.03. The second-order valence-corrected chi connectivity index (χ2v) is 6.88. The summed E-state index contributed by atoms with van der Waals surface area (Å²) in [6, 6.07) is 16.4. The maximum atomic E-state index is 12.8. The Bertz CT molecular complexity index is 1090. The summed E-state index contributed by atoms with van der Waals surface area (Å²) in [6.07, 6.45) is 2.88. The van der Waals surface area contributed by atoms with Crippen molar-refractivity contribution in [3.8, 4) is 0 Å². The molecule has 8 heteroatoms. The predicted octanol–water partition coefficient (Wildman–Crippen LogP) is 4.24. The van der Waals surface area contributed by atoms with Crippen molar-refractivity contribution >= 4 is 45.5 Å². The minimum Gasteiger partial charge on any atom is -0.465 e. The third kappa shape index (κ3) is 5.24. The largest absolute Gasteiger partial charge is 0.465 e. The third-order valence-corrected chi connectivity index (χ3v) is 4.70. The number of carbonyl (C=O) groups is 3. The van der Waals surface area contributed by atoms with Crippen LogP contribution in [0.5, 0.6) is 0 Å². The molecule has 0 fully saturated rings. The molecule has 2 N–H and O–H groups in total. The number of nitrogens with one attached hydrogen (secondary N) is 2. The van der Waals surface area contributed by atoms with Crippen molar-refractivity contribution in [2.45, 2.75) is 0 Å². The van der Waals surface area contributed by atoms with Gasteiger partial charge >= 0.3 is 5.97 Å². The van der Waals surface area contributed by atoms with E-state index < -0.39 is 17.8 Å². The van der Waals surface area contributed by atoms with Crippen LogP contribution in [0.2, 0.25) is 0 Å². The first-order valence-electron chi connectivity index (χ1n) is 8.78. The Morgan fingerprint density at radius 3 is 2.37 bits per heavy atom. The molecule has 30 heavy (non-hydrogen) atoms. The first-order valence-corrected chi connectivity index (χ1v) is 9.58. The van der Waals surface area contributed by atoms with Gasteiger partial charge in [0.25, 0.3) is 11.8 Å². The summed E-state index contributed by atoms with van der Waals surface area (Å²) in [7, 11) is 1.29. The van der Waals surface area contributed by atoms with Crippen molar-refractivity contribution in [1.29, 1.82) is 0 Å². The fourth-order valence-electron chi connectivity index (χ4n) is 2.51. The number of hydrogen-bond acceptors (Lipinski definition) is 5. The highest BCUT2D eigenvalue weighted by atomic mass is 79.9. The molecule has 2 amide bonds. The number of benzene rings is 2. The molecule has 7 nitrogen and oxygen atoms in total. The van der Waals surface area contributed by atoms with Crippen LogP contribution in [0.15, 0.2) is 81.5 Å². The van der Waals surface area contributed by atoms with Crippen LogP contribution >= 0.6 is 15.9 Å². The van der Waals surface area contributed by atoms with E-state index in [0.29, 0.717) is 27.0 Å². The second kappa shape index (κ2) is 9.71. The van der Waals surface area contributed by atoms with Crippen LogP contribution in [0.4, 0.5) is 5.69 Å². The van der Waals surface area contributed by atoms with Crippen molar-refractivity contribution in [2.24, 2.45) is 0 Å². The molecular formula is C22H17BrN2O5. The van der Waals surface area contributed by atoms with Gasteiger partial charge in [-0.15, -0.1) is 0 Å². The zero-order valence-electron chi connectivity index (χ0n) is 15.8. The minimum atomic E-state index is -0.558. The Balaban J connectivity index is 1.82. The molecule has 0 radical (unpaired) electrons. The molecule has 0 saturated heterocycles. The predicted molar refractivity (Wildman–Crippen MR) is 115 cm³/mol. The molecule has 3 aromatic rings. The summed E-state index contributed by atoms with van der Waals surface area (Å²) in [4.78, 5) is 37.0. The van der Waals surface area contributed by atoms with Crippen LogP contribution in [0.25, 0.3) is 6.08 Å². The summed E-state index contributed by atoms with van der Waals surface area (Å²) < 4.78 is 10.5. The summed E-state index contributed by atoms with van der Waals surface area (Å²) in [5.74, 6) is -1.10. The van der Waals surface area contributed by atoms with Crippen LogP contribution < -0.4 is 10.6 Å². The number of amides is 2. The molecule has 0 aliphatic heterocycles. The van der Waals surface area contributed by atoms with Crippen LogP contribution in [0, 0.1) is 0 Å². The SMILES string of the molecule is COC(=O)c1ccc(NC(=O)/C(=C/c2ccco2)NC(=O)c2ccccc2Br)cc1. The molecule has 0 spiro atoms. The average Bonchev–Trinajstić information content (AvgIpc) is 3.26. The van der Waals surface area contributed by atoms with Crippen LogP contribution in [-0.4, -0.2) is 24.9 Å². The van der Waals surface area contributed by atoms with Gasteiger partial charge in [-0.2, -0.15) is 0 Å². The highest BCUT2D eigenvalue weighted by Gasteiger charge is 2.17. The summed E-state index contributed by atoms with van der Waals surface area (Å²) in [6.45, 7) is 0. The van der Waals surface area contributed by atoms with Gasteiger partial charge in [-0.25, -0.2) is 4.79 Å². The highest BCUT2D eigenvalue weighted by molar-refractivity contribution is 9.10. The van der Waals surface area contributed by atoms with Gasteiger partial charge in [-0.1, -0.05) is 12.1 Å². The average molecular weight is 469 g/mol. The van der Waals surface area contributed by atoms with Gasteiger partial charge < -0.3 is 19.8 Å². The molecule has 0 bridgehead atoms. The molecule has 0 atom stereocenters. The van der Waals surface area contributed by atoms with E-state index in [-0.39, 0.29) is 5.70 Å². The lowest BCUT2D eigenvalue weighted by molar-refractivity contribution is -0.113. The number of rotatable bonds is 6. The van der Waals surface area contributed by atoms with Crippen molar-refractivity contribution in [3.63, 3.8) is 0 Å². The van der Waals surface area contributed by atoms with Crippen molar-refractivity contribution < 1.29 is 23.5 Å². The number of anilines is 1. The Morgan fingerprint density at radius 2 is 1.73 bits per heavy atom. The van der Waals surface area contributed by atoms with Gasteiger partial charge in [0.15, 0.2) is 0 Å². The standard InChI is InChI=1S/C22H17BrN2O5/c1-29-22(28)14-8-10-15(11-9-14)24-21(27)19(13-16-5-4-12-30-16)25-20(26)17-6-2-3-7-18(17)23/h2-13H,1H3,(H,24,27)(H,25,26)/b19-13-. The fraction of sp³-hybridized carbons (Fsp3) is 0.0455. The van der Waals surface area contributed by atoms with E-state index in [9.17, 15) is 14.4 Å². The maximum absolute atomic E-state index is 12.8. The van der Waals surface area contributed by atoms with Crippen molar-refractivity contribution in [3.05, 3.63) is 94.0 Å². The van der Waals surface area contributed by atoms with Gasteiger partial charge in [-0.05, 0) is 64.5 Å². The molecule has 0 aliphatic rings. The van der Waals surface area contributed by atoms with E-state index in [0.717, 1.165) is 0 Å². The third-order valence-electron chi connectivity index (χ3n) is 4.00. The van der Waals surface area contributed by atoms with E-state index in [1.807, 2.05) is 0 Å². The molecule has 3 rings (SSSR count). The Hall–Kier alpha value is -3.65. The lowest BCUT2D eigenvalue weighted by Crippen LogP contribution is -2.31. The number of esters is 1. The number of methoxy groups -OCH3 is 1. The Morgan fingerprint density at radius 1 is 1.00 bits per heavy atom. The number of ether oxygens (including phenoxy) is 1. The summed E-state index contributed by atoms with van der Waals surface area (Å²) in [5, 5.41) is 5.30. The highest BCUT2D eigenvalue weighted by Crippen LogP contribution is 2.17.